The van der Waals surface area contributed by atoms with Crippen LogP contribution in [0.25, 0.3) is 0 Å². The molecule has 0 saturated carbocycles. The Labute approximate surface area is 119 Å². The van der Waals surface area contributed by atoms with E-state index in [0.29, 0.717) is 17.7 Å². The van der Waals surface area contributed by atoms with E-state index >= 15 is 0 Å². The van der Waals surface area contributed by atoms with Gasteiger partial charge in [0.15, 0.2) is 5.12 Å². The lowest BCUT2D eigenvalue weighted by atomic mass is 9.86. The van der Waals surface area contributed by atoms with Gasteiger partial charge in [-0.1, -0.05) is 50.4 Å². The van der Waals surface area contributed by atoms with Crippen molar-refractivity contribution in [2.75, 3.05) is 5.75 Å². The predicted molar refractivity (Wildman–Crippen MR) is 81.4 cm³/mol. The minimum Gasteiger partial charge on any atom is -0.507 e. The van der Waals surface area contributed by atoms with Crippen LogP contribution in [0.1, 0.15) is 45.2 Å². The molecule has 0 amide bonds. The summed E-state index contributed by atoms with van der Waals surface area (Å²) in [6, 6.07) is 5.54. The molecule has 3 heteroatoms. The molecule has 0 aliphatic rings. The first kappa shape index (κ1) is 15.7. The van der Waals surface area contributed by atoms with Gasteiger partial charge in [0.25, 0.3) is 0 Å². The van der Waals surface area contributed by atoms with Crippen LogP contribution in [0, 0.1) is 11.8 Å². The molecule has 0 radical (unpaired) electrons. The molecule has 1 aromatic rings. The maximum Gasteiger partial charge on any atom is 0.185 e. The van der Waals surface area contributed by atoms with Crippen LogP contribution in [-0.4, -0.2) is 16.0 Å². The van der Waals surface area contributed by atoms with Crippen molar-refractivity contribution in [1.29, 1.82) is 0 Å². The molecular formula is C16H20O2S. The van der Waals surface area contributed by atoms with E-state index in [1.165, 1.54) is 11.8 Å². The quantitative estimate of drug-likeness (QED) is 0.661. The lowest BCUT2D eigenvalue weighted by Gasteiger charge is -2.19. The largest absolute Gasteiger partial charge is 0.507 e. The maximum absolute atomic E-state index is 10.8. The summed E-state index contributed by atoms with van der Waals surface area (Å²) in [7, 11) is 0. The molecule has 0 aliphatic carbocycles. The number of phenols is 1. The first-order valence-electron chi connectivity index (χ1n) is 6.26. The molecule has 0 aliphatic heterocycles. The first-order valence-corrected chi connectivity index (χ1v) is 7.25. The summed E-state index contributed by atoms with van der Waals surface area (Å²) in [5.74, 6) is 6.87. The Hall–Kier alpha value is -1.40. The Morgan fingerprint density at radius 1 is 1.37 bits per heavy atom. The fourth-order valence-corrected chi connectivity index (χ4v) is 2.00. The van der Waals surface area contributed by atoms with E-state index in [2.05, 4.69) is 32.6 Å². The topological polar surface area (TPSA) is 37.3 Å². The molecule has 0 unspecified atom stereocenters. The normalized spacial score (nSPS) is 10.7. The highest BCUT2D eigenvalue weighted by Crippen LogP contribution is 2.26. The molecule has 1 aromatic carbocycles. The number of carbonyl (C=O) groups is 1. The number of aromatic hydroxyl groups is 1. The van der Waals surface area contributed by atoms with Gasteiger partial charge in [-0.2, -0.15) is 0 Å². The minimum absolute atomic E-state index is 0.0363. The van der Waals surface area contributed by atoms with Gasteiger partial charge in [0, 0.05) is 19.1 Å². The van der Waals surface area contributed by atoms with Gasteiger partial charge in [0.2, 0.25) is 0 Å². The second-order valence-electron chi connectivity index (χ2n) is 5.37. The number of phenolic OH excluding ortho intramolecular Hbond substituents is 1. The first-order chi connectivity index (χ1) is 8.80. The molecule has 1 rings (SSSR count). The van der Waals surface area contributed by atoms with E-state index in [0.717, 1.165) is 5.56 Å². The minimum atomic E-state index is 0.0363. The Balaban J connectivity index is 2.78. The van der Waals surface area contributed by atoms with Crippen LogP contribution in [-0.2, 0) is 10.2 Å². The fourth-order valence-electron chi connectivity index (χ4n) is 1.51. The van der Waals surface area contributed by atoms with Crippen molar-refractivity contribution in [3.05, 3.63) is 29.3 Å². The molecule has 0 aromatic heterocycles. The lowest BCUT2D eigenvalue weighted by Crippen LogP contribution is -2.10. The number of rotatable bonds is 2. The van der Waals surface area contributed by atoms with E-state index in [4.69, 9.17) is 0 Å². The van der Waals surface area contributed by atoms with Gasteiger partial charge in [0.1, 0.15) is 5.75 Å². The molecule has 1 N–H and O–H groups in total. The smallest absolute Gasteiger partial charge is 0.185 e. The summed E-state index contributed by atoms with van der Waals surface area (Å²) in [5, 5.41) is 9.89. The molecular weight excluding hydrogens is 256 g/mol. The van der Waals surface area contributed by atoms with Gasteiger partial charge in [-0.05, 0) is 23.1 Å². The number of thioether (sulfide) groups is 1. The van der Waals surface area contributed by atoms with Crippen molar-refractivity contribution in [2.24, 2.45) is 0 Å². The van der Waals surface area contributed by atoms with Crippen molar-refractivity contribution in [3.8, 4) is 17.6 Å². The summed E-state index contributed by atoms with van der Waals surface area (Å²) < 4.78 is 0. The highest BCUT2D eigenvalue weighted by molar-refractivity contribution is 8.13. The van der Waals surface area contributed by atoms with E-state index in [1.807, 2.05) is 12.1 Å². The third kappa shape index (κ3) is 5.40. The molecule has 2 nitrogen and oxygen atoms in total. The van der Waals surface area contributed by atoms with Crippen LogP contribution in [0.2, 0.25) is 0 Å². The van der Waals surface area contributed by atoms with E-state index in [9.17, 15) is 9.90 Å². The summed E-state index contributed by atoms with van der Waals surface area (Å²) in [4.78, 5) is 10.8. The molecule has 0 atom stereocenters. The van der Waals surface area contributed by atoms with Crippen molar-refractivity contribution < 1.29 is 9.90 Å². The van der Waals surface area contributed by atoms with Gasteiger partial charge >= 0.3 is 0 Å². The van der Waals surface area contributed by atoms with E-state index in [1.54, 1.807) is 13.0 Å². The van der Waals surface area contributed by atoms with Gasteiger partial charge in [0.05, 0.1) is 5.56 Å². The van der Waals surface area contributed by atoms with Crippen LogP contribution < -0.4 is 0 Å². The zero-order valence-corrected chi connectivity index (χ0v) is 12.7. The molecule has 102 valence electrons. The number of hydrogen-bond acceptors (Lipinski definition) is 3. The average Bonchev–Trinajstić information content (AvgIpc) is 2.29. The van der Waals surface area contributed by atoms with Gasteiger partial charge in [-0.15, -0.1) is 0 Å². The third-order valence-electron chi connectivity index (χ3n) is 2.62. The maximum atomic E-state index is 10.8. The number of carbonyl (C=O) groups excluding carboxylic acids is 1. The number of hydrogen-bond donors (Lipinski definition) is 1. The average molecular weight is 276 g/mol. The summed E-state index contributed by atoms with van der Waals surface area (Å²) in [6.07, 6.45) is 0.642. The summed E-state index contributed by atoms with van der Waals surface area (Å²) in [6.45, 7) is 7.93. The van der Waals surface area contributed by atoms with Crippen molar-refractivity contribution >= 4 is 16.9 Å². The Kier molecular flexibility index (Phi) is 5.50. The molecule has 0 fully saturated rings. The van der Waals surface area contributed by atoms with Crippen molar-refractivity contribution in [1.82, 2.24) is 0 Å². The molecule has 0 saturated heterocycles. The molecule has 0 spiro atoms. The van der Waals surface area contributed by atoms with Crippen molar-refractivity contribution in [3.63, 3.8) is 0 Å². The fraction of sp³-hybridized carbons (Fsp3) is 0.438. The van der Waals surface area contributed by atoms with Gasteiger partial charge in [-0.3, -0.25) is 4.79 Å². The van der Waals surface area contributed by atoms with E-state index in [-0.39, 0.29) is 16.3 Å². The summed E-state index contributed by atoms with van der Waals surface area (Å²) in [5.41, 5.74) is 1.84. The monoisotopic (exact) mass is 276 g/mol. The lowest BCUT2D eigenvalue weighted by molar-refractivity contribution is -0.109. The van der Waals surface area contributed by atoms with Crippen LogP contribution >= 0.6 is 11.8 Å². The van der Waals surface area contributed by atoms with Crippen LogP contribution in [0.15, 0.2) is 18.2 Å². The third-order valence-corrected chi connectivity index (χ3v) is 3.43. The standard InChI is InChI=1S/C16H20O2S/c1-12(17)19-10-6-5-7-13-11-14(16(2,3)4)8-9-15(13)18/h8-9,11,18H,6,10H2,1-4H3. The highest BCUT2D eigenvalue weighted by Gasteiger charge is 2.14. The zero-order chi connectivity index (χ0) is 14.5. The Morgan fingerprint density at radius 3 is 2.63 bits per heavy atom. The second kappa shape index (κ2) is 6.68. The Bertz CT molecular complexity index is 516. The van der Waals surface area contributed by atoms with Crippen LogP contribution in [0.4, 0.5) is 0 Å². The zero-order valence-electron chi connectivity index (χ0n) is 11.9. The van der Waals surface area contributed by atoms with Gasteiger partial charge in [-0.25, -0.2) is 0 Å². The van der Waals surface area contributed by atoms with Crippen LogP contribution in [0.5, 0.6) is 5.75 Å². The van der Waals surface area contributed by atoms with Crippen LogP contribution in [0.3, 0.4) is 0 Å². The predicted octanol–water partition coefficient (Wildman–Crippen LogP) is 3.71. The Morgan fingerprint density at radius 2 is 2.05 bits per heavy atom. The SMILES string of the molecule is CC(=O)SCCC#Cc1cc(C(C)(C)C)ccc1O. The van der Waals surface area contributed by atoms with Gasteiger partial charge < -0.3 is 5.11 Å². The molecule has 0 heterocycles. The van der Waals surface area contributed by atoms with Crippen molar-refractivity contribution in [2.45, 2.75) is 39.5 Å². The van der Waals surface area contributed by atoms with E-state index < -0.39 is 0 Å². The molecule has 19 heavy (non-hydrogen) atoms. The second-order valence-corrected chi connectivity index (χ2v) is 6.65. The highest BCUT2D eigenvalue weighted by atomic mass is 32.2. The number of benzene rings is 1. The molecule has 0 bridgehead atoms. The summed E-state index contributed by atoms with van der Waals surface area (Å²) >= 11 is 1.27.